The summed E-state index contributed by atoms with van der Waals surface area (Å²) in [4.78, 5) is 63.9. The van der Waals surface area contributed by atoms with Gasteiger partial charge in [0.05, 0.1) is 6.10 Å². The number of terminal acetylenes is 1. The first kappa shape index (κ1) is 26.7. The number of hydrogen-bond acceptors (Lipinski definition) is 12. The van der Waals surface area contributed by atoms with Crippen LogP contribution >= 0.6 is 23.5 Å². The predicted molar refractivity (Wildman–Crippen MR) is 97.2 cm³/mol. The Labute approximate surface area is 176 Å². The molecule has 7 atom stereocenters. The average molecular weight is 523 g/mol. The summed E-state index contributed by atoms with van der Waals surface area (Å²) >= 11 is 0. The van der Waals surface area contributed by atoms with E-state index in [4.69, 9.17) is 25.8 Å². The molecule has 3 unspecified atom stereocenters. The van der Waals surface area contributed by atoms with Crippen LogP contribution < -0.4 is 11.4 Å². The fourth-order valence-corrected chi connectivity index (χ4v) is 5.82. The molecule has 0 bridgehead atoms. The van der Waals surface area contributed by atoms with Crippen LogP contribution in [0.3, 0.4) is 0 Å². The van der Waals surface area contributed by atoms with E-state index < -0.39 is 65.0 Å². The Morgan fingerprint density at radius 1 is 1.25 bits per heavy atom. The highest BCUT2D eigenvalue weighted by Gasteiger charge is 2.58. The molecule has 0 amide bonds. The fraction of sp³-hybridized carbons (Fsp3) is 0.545. The summed E-state index contributed by atoms with van der Waals surface area (Å²) in [5.41, 5.74) is -4.87. The van der Waals surface area contributed by atoms with Crippen molar-refractivity contribution in [2.24, 2.45) is 0 Å². The molecule has 1 aromatic heterocycles. The summed E-state index contributed by atoms with van der Waals surface area (Å²) in [6.07, 6.45) is -1.74. The number of nitrogens with zero attached hydrogens (tertiary/aromatic N) is 2. The summed E-state index contributed by atoms with van der Waals surface area (Å²) in [6.45, 7) is 0.944. The molecule has 1 saturated heterocycles. The van der Waals surface area contributed by atoms with Gasteiger partial charge in [0, 0.05) is 0 Å². The minimum absolute atomic E-state index is 0.502. The summed E-state index contributed by atoms with van der Waals surface area (Å²) in [5, 5.41) is 21.0. The second kappa shape index (κ2) is 9.01. The van der Waals surface area contributed by atoms with Crippen molar-refractivity contribution in [1.82, 2.24) is 14.5 Å². The smallest absolute Gasteiger partial charge is 0.386 e. The number of phosphoric ester groups is 1. The molecule has 0 saturated carbocycles. The van der Waals surface area contributed by atoms with Crippen molar-refractivity contribution >= 4 is 23.5 Å². The van der Waals surface area contributed by atoms with Crippen LogP contribution in [-0.2, 0) is 31.6 Å². The zero-order valence-electron chi connectivity index (χ0n) is 15.6. The fourth-order valence-electron chi connectivity index (χ4n) is 2.62. The van der Waals surface area contributed by atoms with E-state index in [0.717, 1.165) is 6.92 Å². The van der Waals surface area contributed by atoms with Gasteiger partial charge in [0.25, 0.3) is 0 Å². The zero-order chi connectivity index (χ0) is 24.7. The van der Waals surface area contributed by atoms with Crippen LogP contribution in [0.25, 0.3) is 0 Å². The van der Waals surface area contributed by atoms with Gasteiger partial charge in [-0.25, -0.2) is 23.3 Å². The van der Waals surface area contributed by atoms with Crippen LogP contribution in [0.4, 0.5) is 0 Å². The molecule has 21 heteroatoms. The Kier molecular flexibility index (Phi) is 7.52. The second-order valence-corrected chi connectivity index (χ2v) is 10.5. The molecule has 7 N–H and O–H groups in total. The van der Waals surface area contributed by atoms with Gasteiger partial charge in [0.15, 0.2) is 11.8 Å². The Bertz CT molecular complexity index is 1170. The summed E-state index contributed by atoms with van der Waals surface area (Å²) in [5.74, 6) is 1.78. The molecule has 2 heterocycles. The minimum Gasteiger partial charge on any atom is -0.386 e. The number of hydrogen-bond donors (Lipinski definition) is 7. The lowest BCUT2D eigenvalue weighted by Gasteiger charge is -2.26. The molecule has 0 spiro atoms. The number of aromatic amines is 1. The third-order valence-corrected chi connectivity index (χ3v) is 7.76. The number of aliphatic hydroxyl groups is 2. The number of H-pyrrole nitrogens is 1. The van der Waals surface area contributed by atoms with Crippen molar-refractivity contribution in [2.45, 2.75) is 37.1 Å². The van der Waals surface area contributed by atoms with Crippen LogP contribution in [0.5, 0.6) is 0 Å². The highest BCUT2D eigenvalue weighted by Crippen LogP contribution is 2.66. The van der Waals surface area contributed by atoms with Crippen LogP contribution in [-0.4, -0.2) is 68.2 Å². The maximum Gasteiger partial charge on any atom is 0.490 e. The van der Waals surface area contributed by atoms with E-state index in [1.165, 1.54) is 0 Å². The van der Waals surface area contributed by atoms with E-state index in [1.807, 2.05) is 0 Å². The quantitative estimate of drug-likeness (QED) is 0.135. The van der Waals surface area contributed by atoms with Crippen molar-refractivity contribution in [3.63, 3.8) is 0 Å². The molecule has 0 aliphatic carbocycles. The Morgan fingerprint density at radius 3 is 2.34 bits per heavy atom. The third-order valence-electron chi connectivity index (χ3n) is 3.83. The van der Waals surface area contributed by atoms with Gasteiger partial charge in [0.1, 0.15) is 18.5 Å². The zero-order valence-corrected chi connectivity index (χ0v) is 18.2. The molecule has 32 heavy (non-hydrogen) atoms. The van der Waals surface area contributed by atoms with Gasteiger partial charge < -0.3 is 34.5 Å². The minimum atomic E-state index is -5.81. The normalized spacial score (nSPS) is 30.8. The van der Waals surface area contributed by atoms with Gasteiger partial charge in [0.2, 0.25) is 0 Å². The Balaban J connectivity index is 2.28. The number of aliphatic hydroxyl groups excluding tert-OH is 1. The lowest BCUT2D eigenvalue weighted by molar-refractivity contribution is -0.0874. The van der Waals surface area contributed by atoms with Gasteiger partial charge in [-0.05, 0) is 6.92 Å². The van der Waals surface area contributed by atoms with E-state index in [0.29, 0.717) is 10.9 Å². The first-order chi connectivity index (χ1) is 14.4. The Hall–Kier alpha value is -1.54. The molecular formula is C11H16N3O15P3. The van der Waals surface area contributed by atoms with Crippen molar-refractivity contribution in [3.05, 3.63) is 27.3 Å². The van der Waals surface area contributed by atoms with Gasteiger partial charge in [-0.15, -0.1) is 6.42 Å². The third kappa shape index (κ3) is 6.07. The number of nitrogens with one attached hydrogen (secondary N) is 1. The second-order valence-electron chi connectivity index (χ2n) is 6.16. The molecule has 1 aliphatic heterocycles. The van der Waals surface area contributed by atoms with Crippen LogP contribution in [0.1, 0.15) is 13.2 Å². The largest absolute Gasteiger partial charge is 0.490 e. The van der Waals surface area contributed by atoms with Crippen molar-refractivity contribution in [3.8, 4) is 12.3 Å². The average Bonchev–Trinajstić information content (AvgIpc) is 2.84. The van der Waals surface area contributed by atoms with Gasteiger partial charge in [-0.3, -0.25) is 14.1 Å². The molecule has 0 radical (unpaired) electrons. The first-order valence-corrected chi connectivity index (χ1v) is 12.5. The molecular weight excluding hydrogens is 507 g/mol. The van der Waals surface area contributed by atoms with Crippen molar-refractivity contribution in [2.75, 3.05) is 0 Å². The molecule has 0 aromatic carbocycles. The van der Waals surface area contributed by atoms with Crippen LogP contribution in [0, 0.1) is 12.3 Å². The summed E-state index contributed by atoms with van der Waals surface area (Å²) < 4.78 is 51.4. The topological polar surface area (TPSA) is 277 Å². The lowest BCUT2D eigenvalue weighted by Crippen LogP contribution is -2.49. The monoisotopic (exact) mass is 523 g/mol. The summed E-state index contributed by atoms with van der Waals surface area (Å²) in [6, 6.07) is 0. The predicted octanol–water partition coefficient (Wildman–Crippen LogP) is -2.71. The van der Waals surface area contributed by atoms with E-state index in [2.05, 4.69) is 18.1 Å². The van der Waals surface area contributed by atoms with E-state index in [1.54, 1.807) is 10.9 Å². The number of rotatable bonds is 8. The molecule has 1 aromatic rings. The van der Waals surface area contributed by atoms with E-state index in [9.17, 15) is 38.4 Å². The number of aromatic nitrogens is 3. The van der Waals surface area contributed by atoms with Crippen LogP contribution in [0.2, 0.25) is 0 Å². The van der Waals surface area contributed by atoms with E-state index in [-0.39, 0.29) is 0 Å². The lowest BCUT2D eigenvalue weighted by atomic mass is 9.93. The maximum absolute atomic E-state index is 12.0. The highest BCUT2D eigenvalue weighted by atomic mass is 31.3. The van der Waals surface area contributed by atoms with Gasteiger partial charge in [-0.2, -0.15) is 13.6 Å². The number of ether oxygens (including phenoxy) is 1. The van der Waals surface area contributed by atoms with E-state index >= 15 is 0 Å². The Morgan fingerprint density at radius 2 is 1.84 bits per heavy atom. The molecule has 180 valence electrons. The van der Waals surface area contributed by atoms with Crippen LogP contribution in [0.15, 0.2) is 15.9 Å². The van der Waals surface area contributed by atoms with Crippen molar-refractivity contribution < 1.29 is 61.4 Å². The molecule has 1 fully saturated rings. The first-order valence-electron chi connectivity index (χ1n) is 7.94. The highest BCUT2D eigenvalue weighted by molar-refractivity contribution is 7.66. The van der Waals surface area contributed by atoms with Crippen molar-refractivity contribution in [1.29, 1.82) is 0 Å². The maximum atomic E-state index is 12.0. The SMILES string of the molecule is C#CC1(O)[C@@H](O)[C@@H]([C@H](C)OP(=O)(O)OP(=O)(O)OP(=O)(O)O)O[C@H]1n1cnc(=O)[nH]c1=O. The van der Waals surface area contributed by atoms with Gasteiger partial charge in [-0.1, -0.05) is 5.92 Å². The molecule has 18 nitrogen and oxygen atoms in total. The molecule has 2 rings (SSSR count). The standard InChI is InChI=1S/C11H16N3O15P3/c1-3-11(18)7(15)6(26-8(11)14-4-12-9(16)13-10(14)17)5(2)27-31(22,23)29-32(24,25)28-30(19,20)21/h1,4-8,15,18H,2H3,(H,22,23)(H,24,25)(H,13,16,17)(H2,19,20,21)/t5-,6+,7-,8+,11?/m0/s1. The number of phosphoric acid groups is 3. The summed E-state index contributed by atoms with van der Waals surface area (Å²) in [7, 11) is -17.1. The van der Waals surface area contributed by atoms with Gasteiger partial charge >= 0.3 is 34.8 Å². The molecule has 1 aliphatic rings.